The molecule has 1 N–H and O–H groups in total. The van der Waals surface area contributed by atoms with E-state index in [0.29, 0.717) is 30.3 Å². The normalized spacial score (nSPS) is 27.3. The molecule has 2 amide bonds. The van der Waals surface area contributed by atoms with Gasteiger partial charge in [0.1, 0.15) is 0 Å². The summed E-state index contributed by atoms with van der Waals surface area (Å²) in [7, 11) is 0. The van der Waals surface area contributed by atoms with Crippen molar-refractivity contribution in [1.82, 2.24) is 4.90 Å². The first kappa shape index (κ1) is 13.2. The van der Waals surface area contributed by atoms with Crippen LogP contribution < -0.4 is 14.8 Å². The number of piperidine rings is 1. The topological polar surface area (TPSA) is 67.9 Å². The number of hydrogen-bond donors (Lipinski definition) is 1. The van der Waals surface area contributed by atoms with Crippen LogP contribution in [0.3, 0.4) is 0 Å². The number of nitrogens with zero attached hydrogens (tertiary/aromatic N) is 1. The molecule has 1 saturated carbocycles. The summed E-state index contributed by atoms with van der Waals surface area (Å²) < 4.78 is 10.6. The van der Waals surface area contributed by atoms with Crippen molar-refractivity contribution in [1.29, 1.82) is 0 Å². The van der Waals surface area contributed by atoms with Crippen LogP contribution in [-0.2, 0) is 9.59 Å². The van der Waals surface area contributed by atoms with Crippen LogP contribution in [0.1, 0.15) is 6.42 Å². The lowest BCUT2D eigenvalue weighted by molar-refractivity contribution is -0.126. The van der Waals surface area contributed by atoms with Crippen molar-refractivity contribution in [2.75, 3.05) is 25.2 Å². The van der Waals surface area contributed by atoms with Crippen molar-refractivity contribution < 1.29 is 19.1 Å². The van der Waals surface area contributed by atoms with Crippen LogP contribution in [0.4, 0.5) is 5.69 Å². The number of benzene rings is 1. The number of carbonyl (C=O) groups excluding carboxylic acids is 2. The fourth-order valence-electron chi connectivity index (χ4n) is 3.36. The van der Waals surface area contributed by atoms with Crippen molar-refractivity contribution >= 4 is 17.5 Å². The summed E-state index contributed by atoms with van der Waals surface area (Å²) in [6, 6.07) is 5.33. The average Bonchev–Trinajstić information content (AvgIpc) is 2.89. The second-order valence-corrected chi connectivity index (χ2v) is 6.00. The minimum atomic E-state index is -0.435. The Labute approximate surface area is 127 Å². The third-order valence-electron chi connectivity index (χ3n) is 4.71. The van der Waals surface area contributed by atoms with Crippen LogP contribution in [0.25, 0.3) is 0 Å². The van der Waals surface area contributed by atoms with Crippen molar-refractivity contribution in [3.63, 3.8) is 0 Å². The molecule has 4 rings (SSSR count). The molecule has 2 fully saturated rings. The highest BCUT2D eigenvalue weighted by molar-refractivity contribution is 5.99. The number of nitrogens with one attached hydrogen (secondary N) is 1. The summed E-state index contributed by atoms with van der Waals surface area (Å²) in [5.41, 5.74) is 0.248. The number of carbonyl (C=O) groups is 2. The molecule has 2 aliphatic heterocycles. The standard InChI is InChI=1S/C16H16N2O4/c1-2-14(19)18-7-10-6-16(10,8-18)15(20)17-11-3-4-12-13(5-11)22-9-21-12/h2-5,10H,1,6-9H2,(H,17,20). The highest BCUT2D eigenvalue weighted by atomic mass is 16.7. The molecule has 2 unspecified atom stereocenters. The highest BCUT2D eigenvalue weighted by Crippen LogP contribution is 2.58. The molecule has 6 nitrogen and oxygen atoms in total. The molecular weight excluding hydrogens is 284 g/mol. The van der Waals surface area contributed by atoms with Crippen LogP contribution in [0.2, 0.25) is 0 Å². The molecule has 2 atom stereocenters. The zero-order valence-electron chi connectivity index (χ0n) is 12.0. The van der Waals surface area contributed by atoms with E-state index in [1.807, 2.05) is 0 Å². The maximum atomic E-state index is 12.6. The summed E-state index contributed by atoms with van der Waals surface area (Å²) in [4.78, 5) is 26.0. The van der Waals surface area contributed by atoms with Crippen molar-refractivity contribution in [2.45, 2.75) is 6.42 Å². The molecule has 1 saturated heterocycles. The number of amides is 2. The summed E-state index contributed by atoms with van der Waals surface area (Å²) in [5, 5.41) is 2.93. The third kappa shape index (κ3) is 1.87. The van der Waals surface area contributed by atoms with E-state index < -0.39 is 5.41 Å². The van der Waals surface area contributed by atoms with Gasteiger partial charge in [0.25, 0.3) is 0 Å². The summed E-state index contributed by atoms with van der Waals surface area (Å²) in [6.45, 7) is 4.81. The summed E-state index contributed by atoms with van der Waals surface area (Å²) in [6.07, 6.45) is 2.14. The number of fused-ring (bicyclic) bond motifs is 2. The molecule has 0 bridgehead atoms. The number of ether oxygens (including phenoxy) is 2. The largest absolute Gasteiger partial charge is 0.454 e. The van der Waals surface area contributed by atoms with Crippen LogP contribution in [0, 0.1) is 11.3 Å². The van der Waals surface area contributed by atoms with Gasteiger partial charge in [-0.05, 0) is 30.5 Å². The van der Waals surface area contributed by atoms with Crippen LogP contribution in [-0.4, -0.2) is 36.6 Å². The van der Waals surface area contributed by atoms with Crippen molar-refractivity contribution in [2.24, 2.45) is 11.3 Å². The quantitative estimate of drug-likeness (QED) is 0.857. The minimum absolute atomic E-state index is 0.0317. The Bertz CT molecular complexity index is 687. The van der Waals surface area contributed by atoms with Gasteiger partial charge in [-0.15, -0.1) is 0 Å². The SMILES string of the molecule is C=CC(=O)N1CC2CC2(C(=O)Nc2ccc3c(c2)OCO3)C1. The van der Waals surface area contributed by atoms with E-state index in [0.717, 1.165) is 6.42 Å². The Morgan fingerprint density at radius 1 is 1.36 bits per heavy atom. The zero-order valence-corrected chi connectivity index (χ0v) is 12.0. The lowest BCUT2D eigenvalue weighted by atomic mass is 10.1. The van der Waals surface area contributed by atoms with Crippen molar-refractivity contribution in [3.8, 4) is 11.5 Å². The Morgan fingerprint density at radius 3 is 3.00 bits per heavy atom. The van der Waals surface area contributed by atoms with Crippen LogP contribution >= 0.6 is 0 Å². The first-order valence-electron chi connectivity index (χ1n) is 7.25. The molecule has 0 spiro atoms. The Kier molecular flexibility index (Phi) is 2.69. The van der Waals surface area contributed by atoms with E-state index in [-0.39, 0.29) is 24.5 Å². The Balaban J connectivity index is 1.47. The van der Waals surface area contributed by atoms with Gasteiger partial charge in [0.15, 0.2) is 11.5 Å². The maximum absolute atomic E-state index is 12.6. The van der Waals surface area contributed by atoms with Crippen molar-refractivity contribution in [3.05, 3.63) is 30.9 Å². The van der Waals surface area contributed by atoms with Crippen LogP contribution in [0.15, 0.2) is 30.9 Å². The molecule has 3 aliphatic rings. The predicted octanol–water partition coefficient (Wildman–Crippen LogP) is 1.39. The second-order valence-electron chi connectivity index (χ2n) is 6.00. The van der Waals surface area contributed by atoms with Gasteiger partial charge in [0.05, 0.1) is 5.41 Å². The van der Waals surface area contributed by atoms with Crippen LogP contribution in [0.5, 0.6) is 11.5 Å². The predicted molar refractivity (Wildman–Crippen MR) is 78.5 cm³/mol. The second kappa shape index (κ2) is 4.50. The highest BCUT2D eigenvalue weighted by Gasteiger charge is 2.65. The molecule has 0 radical (unpaired) electrons. The van der Waals surface area contributed by atoms with E-state index in [2.05, 4.69) is 11.9 Å². The van der Waals surface area contributed by atoms with E-state index >= 15 is 0 Å². The maximum Gasteiger partial charge on any atom is 0.245 e. The number of rotatable bonds is 3. The molecule has 114 valence electrons. The molecule has 2 heterocycles. The van der Waals surface area contributed by atoms with Gasteiger partial charge in [-0.1, -0.05) is 6.58 Å². The summed E-state index contributed by atoms with van der Waals surface area (Å²) in [5.74, 6) is 1.44. The van der Waals surface area contributed by atoms with E-state index in [1.165, 1.54) is 6.08 Å². The molecule has 0 aromatic heterocycles. The number of anilines is 1. The monoisotopic (exact) mass is 300 g/mol. The molecule has 6 heteroatoms. The first-order valence-corrected chi connectivity index (χ1v) is 7.25. The van der Waals surface area contributed by atoms with Gasteiger partial charge in [0, 0.05) is 24.8 Å². The lowest BCUT2D eigenvalue weighted by Crippen LogP contribution is -2.34. The molecule has 1 aliphatic carbocycles. The molecule has 1 aromatic rings. The average molecular weight is 300 g/mol. The fourth-order valence-corrected chi connectivity index (χ4v) is 3.36. The smallest absolute Gasteiger partial charge is 0.245 e. The van der Waals surface area contributed by atoms with E-state index in [9.17, 15) is 9.59 Å². The minimum Gasteiger partial charge on any atom is -0.454 e. The fraction of sp³-hybridized carbons (Fsp3) is 0.375. The van der Waals surface area contributed by atoms with Gasteiger partial charge in [0.2, 0.25) is 18.6 Å². The number of likely N-dealkylation sites (tertiary alicyclic amines) is 1. The molecular formula is C16H16N2O4. The Hall–Kier alpha value is -2.50. The number of hydrogen-bond acceptors (Lipinski definition) is 4. The third-order valence-corrected chi connectivity index (χ3v) is 4.71. The van der Waals surface area contributed by atoms with E-state index in [1.54, 1.807) is 23.1 Å². The van der Waals surface area contributed by atoms with E-state index in [4.69, 9.17) is 9.47 Å². The van der Waals surface area contributed by atoms with Gasteiger partial charge in [-0.2, -0.15) is 0 Å². The Morgan fingerprint density at radius 2 is 2.18 bits per heavy atom. The first-order chi connectivity index (χ1) is 10.6. The van der Waals surface area contributed by atoms with Gasteiger partial charge in [-0.3, -0.25) is 9.59 Å². The van der Waals surface area contributed by atoms with Gasteiger partial charge in [-0.25, -0.2) is 0 Å². The van der Waals surface area contributed by atoms with Gasteiger partial charge < -0.3 is 19.7 Å². The lowest BCUT2D eigenvalue weighted by Gasteiger charge is -2.19. The zero-order chi connectivity index (χ0) is 15.3. The van der Waals surface area contributed by atoms with Gasteiger partial charge >= 0.3 is 0 Å². The summed E-state index contributed by atoms with van der Waals surface area (Å²) >= 11 is 0. The molecule has 22 heavy (non-hydrogen) atoms. The molecule has 1 aromatic carbocycles.